The van der Waals surface area contributed by atoms with Crippen molar-refractivity contribution >= 4 is 22.6 Å². The smallest absolute Gasteiger partial charge is 0.355 e. The van der Waals surface area contributed by atoms with E-state index in [0.29, 0.717) is 17.3 Å². The molecule has 112 valence electrons. The number of carbonyl (C=O) groups is 1. The fourth-order valence-electron chi connectivity index (χ4n) is 3.26. The fraction of sp³-hybridized carbons (Fsp3) is 0.471. The minimum absolute atomic E-state index is 0.0627. The van der Waals surface area contributed by atoms with E-state index < -0.39 is 0 Å². The van der Waals surface area contributed by atoms with E-state index in [1.807, 2.05) is 24.3 Å². The third kappa shape index (κ3) is 2.89. The van der Waals surface area contributed by atoms with Gasteiger partial charge in [-0.1, -0.05) is 13.3 Å². The van der Waals surface area contributed by atoms with Crippen molar-refractivity contribution < 1.29 is 9.53 Å². The highest BCUT2D eigenvalue weighted by atomic mass is 16.5. The summed E-state index contributed by atoms with van der Waals surface area (Å²) in [5.41, 5.74) is 7.88. The van der Waals surface area contributed by atoms with Gasteiger partial charge in [-0.15, -0.1) is 0 Å². The standard InChI is InChI=1S/C17H22N2O2/c1-2-11-5-3-4-6-16(11)21-17(20)15-10-12-9-13(18)7-8-14(12)19-15/h7-11,16,19H,2-6,18H2,1H3. The van der Waals surface area contributed by atoms with Crippen LogP contribution in [0.3, 0.4) is 0 Å². The third-order valence-corrected chi connectivity index (χ3v) is 4.49. The third-order valence-electron chi connectivity index (χ3n) is 4.49. The van der Waals surface area contributed by atoms with Gasteiger partial charge in [0.25, 0.3) is 0 Å². The van der Waals surface area contributed by atoms with Crippen molar-refractivity contribution in [1.82, 2.24) is 4.98 Å². The molecule has 1 saturated carbocycles. The maximum atomic E-state index is 12.3. The molecule has 1 aromatic carbocycles. The quantitative estimate of drug-likeness (QED) is 0.664. The summed E-state index contributed by atoms with van der Waals surface area (Å²) in [5.74, 6) is 0.248. The molecule has 1 aliphatic carbocycles. The van der Waals surface area contributed by atoms with E-state index in [0.717, 1.165) is 36.6 Å². The van der Waals surface area contributed by atoms with Crippen LogP contribution in [-0.4, -0.2) is 17.1 Å². The summed E-state index contributed by atoms with van der Waals surface area (Å²) >= 11 is 0. The molecule has 0 bridgehead atoms. The molecule has 2 unspecified atom stereocenters. The number of carbonyl (C=O) groups excluding carboxylic acids is 1. The van der Waals surface area contributed by atoms with Crippen molar-refractivity contribution in [3.05, 3.63) is 30.0 Å². The van der Waals surface area contributed by atoms with Crippen LogP contribution in [0.2, 0.25) is 0 Å². The zero-order valence-electron chi connectivity index (χ0n) is 12.4. The lowest BCUT2D eigenvalue weighted by atomic mass is 9.85. The van der Waals surface area contributed by atoms with E-state index in [1.165, 1.54) is 6.42 Å². The first kappa shape index (κ1) is 14.0. The monoisotopic (exact) mass is 286 g/mol. The minimum Gasteiger partial charge on any atom is -0.457 e. The molecule has 1 fully saturated rings. The van der Waals surface area contributed by atoms with E-state index in [4.69, 9.17) is 10.5 Å². The number of ether oxygens (including phenoxy) is 1. The number of aromatic nitrogens is 1. The number of fused-ring (bicyclic) bond motifs is 1. The Balaban J connectivity index is 1.77. The second-order valence-corrected chi connectivity index (χ2v) is 5.93. The molecule has 2 atom stereocenters. The van der Waals surface area contributed by atoms with Gasteiger partial charge in [0.2, 0.25) is 0 Å². The van der Waals surface area contributed by atoms with Gasteiger partial charge in [0.15, 0.2) is 0 Å². The number of nitrogen functional groups attached to an aromatic ring is 1. The van der Waals surface area contributed by atoms with Gasteiger partial charge in [-0.3, -0.25) is 0 Å². The maximum Gasteiger partial charge on any atom is 0.355 e. The van der Waals surface area contributed by atoms with Crippen molar-refractivity contribution in [3.8, 4) is 0 Å². The molecule has 0 saturated heterocycles. The largest absolute Gasteiger partial charge is 0.457 e. The van der Waals surface area contributed by atoms with E-state index in [-0.39, 0.29) is 12.1 Å². The van der Waals surface area contributed by atoms with Gasteiger partial charge in [0.05, 0.1) is 0 Å². The molecule has 2 aromatic rings. The van der Waals surface area contributed by atoms with E-state index >= 15 is 0 Å². The highest BCUT2D eigenvalue weighted by Gasteiger charge is 2.27. The highest BCUT2D eigenvalue weighted by Crippen LogP contribution is 2.30. The predicted molar refractivity (Wildman–Crippen MR) is 84.2 cm³/mol. The Hall–Kier alpha value is -1.97. The Morgan fingerprint density at radius 1 is 1.33 bits per heavy atom. The molecule has 0 amide bonds. The maximum absolute atomic E-state index is 12.3. The lowest BCUT2D eigenvalue weighted by Crippen LogP contribution is -2.29. The molecule has 1 aromatic heterocycles. The zero-order valence-corrected chi connectivity index (χ0v) is 12.4. The van der Waals surface area contributed by atoms with Crippen molar-refractivity contribution in [2.75, 3.05) is 5.73 Å². The summed E-state index contributed by atoms with van der Waals surface area (Å²) in [6.07, 6.45) is 5.68. The van der Waals surface area contributed by atoms with Crippen LogP contribution in [-0.2, 0) is 4.74 Å². The minimum atomic E-state index is -0.255. The van der Waals surface area contributed by atoms with Crippen LogP contribution in [0.1, 0.15) is 49.5 Å². The topological polar surface area (TPSA) is 68.1 Å². The number of hydrogen-bond acceptors (Lipinski definition) is 3. The van der Waals surface area contributed by atoms with Gasteiger partial charge < -0.3 is 15.5 Å². The van der Waals surface area contributed by atoms with Gasteiger partial charge in [0, 0.05) is 16.6 Å². The zero-order chi connectivity index (χ0) is 14.8. The molecule has 0 spiro atoms. The summed E-state index contributed by atoms with van der Waals surface area (Å²) in [4.78, 5) is 15.5. The summed E-state index contributed by atoms with van der Waals surface area (Å²) in [7, 11) is 0. The van der Waals surface area contributed by atoms with Gasteiger partial charge >= 0.3 is 5.97 Å². The number of esters is 1. The number of rotatable bonds is 3. The van der Waals surface area contributed by atoms with Gasteiger partial charge in [-0.05, 0) is 55.9 Å². The number of nitrogens with two attached hydrogens (primary N) is 1. The van der Waals surface area contributed by atoms with Crippen molar-refractivity contribution in [2.24, 2.45) is 5.92 Å². The number of benzene rings is 1. The molecule has 1 heterocycles. The van der Waals surface area contributed by atoms with Gasteiger partial charge in [-0.2, -0.15) is 0 Å². The molecule has 4 heteroatoms. The first-order chi connectivity index (χ1) is 10.2. The van der Waals surface area contributed by atoms with Crippen LogP contribution in [0, 0.1) is 5.92 Å². The normalized spacial score (nSPS) is 22.3. The van der Waals surface area contributed by atoms with Crippen LogP contribution in [0.5, 0.6) is 0 Å². The van der Waals surface area contributed by atoms with Crippen molar-refractivity contribution in [3.63, 3.8) is 0 Å². The average molecular weight is 286 g/mol. The first-order valence-corrected chi connectivity index (χ1v) is 7.76. The summed E-state index contributed by atoms with van der Waals surface area (Å²) in [6.45, 7) is 2.17. The number of nitrogens with one attached hydrogen (secondary N) is 1. The number of aromatic amines is 1. The fourth-order valence-corrected chi connectivity index (χ4v) is 3.26. The van der Waals surface area contributed by atoms with Crippen LogP contribution in [0.15, 0.2) is 24.3 Å². The van der Waals surface area contributed by atoms with Crippen LogP contribution in [0.4, 0.5) is 5.69 Å². The Morgan fingerprint density at radius 3 is 2.95 bits per heavy atom. The van der Waals surface area contributed by atoms with Crippen LogP contribution >= 0.6 is 0 Å². The lowest BCUT2D eigenvalue weighted by Gasteiger charge is -2.30. The molecule has 1 aliphatic rings. The lowest BCUT2D eigenvalue weighted by molar-refractivity contribution is 0.000210. The van der Waals surface area contributed by atoms with Crippen molar-refractivity contribution in [1.29, 1.82) is 0 Å². The Morgan fingerprint density at radius 2 is 2.14 bits per heavy atom. The molecule has 0 aliphatic heterocycles. The predicted octanol–water partition coefficient (Wildman–Crippen LogP) is 3.88. The van der Waals surface area contributed by atoms with Crippen molar-refractivity contribution in [2.45, 2.75) is 45.1 Å². The summed E-state index contributed by atoms with van der Waals surface area (Å²) in [5, 5.41) is 0.942. The second kappa shape index (κ2) is 5.80. The summed E-state index contributed by atoms with van der Waals surface area (Å²) < 4.78 is 5.74. The molecular formula is C17H22N2O2. The van der Waals surface area contributed by atoms with E-state index in [2.05, 4.69) is 11.9 Å². The first-order valence-electron chi connectivity index (χ1n) is 7.76. The summed E-state index contributed by atoms with van der Waals surface area (Å²) in [6, 6.07) is 7.38. The molecule has 0 radical (unpaired) electrons. The Labute approximate surface area is 124 Å². The molecule has 3 rings (SSSR count). The number of hydrogen-bond donors (Lipinski definition) is 2. The Kier molecular flexibility index (Phi) is 3.86. The molecular weight excluding hydrogens is 264 g/mol. The van der Waals surface area contributed by atoms with Crippen LogP contribution < -0.4 is 5.73 Å². The highest BCUT2D eigenvalue weighted by molar-refractivity contribution is 5.95. The molecule has 4 nitrogen and oxygen atoms in total. The SMILES string of the molecule is CCC1CCCCC1OC(=O)c1cc2cc(N)ccc2[nH]1. The van der Waals surface area contributed by atoms with Gasteiger partial charge in [0.1, 0.15) is 11.8 Å². The van der Waals surface area contributed by atoms with Gasteiger partial charge in [-0.25, -0.2) is 4.79 Å². The van der Waals surface area contributed by atoms with E-state index in [1.54, 1.807) is 0 Å². The molecule has 3 N–H and O–H groups in total. The Bertz CT molecular complexity index is 647. The van der Waals surface area contributed by atoms with E-state index in [9.17, 15) is 4.79 Å². The number of H-pyrrole nitrogens is 1. The number of anilines is 1. The second-order valence-electron chi connectivity index (χ2n) is 5.93. The molecule has 21 heavy (non-hydrogen) atoms. The van der Waals surface area contributed by atoms with Crippen LogP contribution in [0.25, 0.3) is 10.9 Å². The average Bonchev–Trinajstić information content (AvgIpc) is 2.91.